The second-order valence-electron chi connectivity index (χ2n) is 5.89. The summed E-state index contributed by atoms with van der Waals surface area (Å²) in [6.45, 7) is 3.49. The number of halogens is 1. The van der Waals surface area contributed by atoms with Crippen molar-refractivity contribution in [2.75, 3.05) is 39.4 Å². The van der Waals surface area contributed by atoms with Crippen molar-refractivity contribution in [3.63, 3.8) is 0 Å². The second-order valence-corrected chi connectivity index (χ2v) is 5.89. The minimum absolute atomic E-state index is 0.00720. The summed E-state index contributed by atoms with van der Waals surface area (Å²) in [7, 11) is 0. The molecule has 2 heterocycles. The van der Waals surface area contributed by atoms with Gasteiger partial charge in [0.15, 0.2) is 0 Å². The summed E-state index contributed by atoms with van der Waals surface area (Å²) >= 11 is 0. The van der Waals surface area contributed by atoms with Crippen LogP contribution in [0.1, 0.15) is 18.0 Å². The molecule has 0 aromatic heterocycles. The molecule has 1 N–H and O–H groups in total. The van der Waals surface area contributed by atoms with Gasteiger partial charge in [-0.15, -0.1) is 0 Å². The van der Waals surface area contributed by atoms with Gasteiger partial charge in [0, 0.05) is 19.6 Å². The summed E-state index contributed by atoms with van der Waals surface area (Å²) < 4.78 is 18.3. The van der Waals surface area contributed by atoms with Crippen LogP contribution >= 0.6 is 0 Å². The number of morpholine rings is 1. The molecule has 1 amide bonds. The molecule has 0 saturated carbocycles. The Morgan fingerprint density at radius 2 is 1.95 bits per heavy atom. The van der Waals surface area contributed by atoms with Crippen LogP contribution in [0.25, 0.3) is 0 Å². The molecule has 120 valence electrons. The molecule has 2 aliphatic rings. The number of carbonyl (C=O) groups excluding carboxylic acids is 1. The number of ether oxygens (including phenoxy) is 1. The van der Waals surface area contributed by atoms with Crippen LogP contribution in [0.5, 0.6) is 0 Å². The van der Waals surface area contributed by atoms with Crippen LogP contribution in [0.4, 0.5) is 4.39 Å². The fourth-order valence-electron chi connectivity index (χ4n) is 3.13. The lowest BCUT2D eigenvalue weighted by molar-refractivity contribution is -0.134. The van der Waals surface area contributed by atoms with Crippen molar-refractivity contribution in [2.24, 2.45) is 0 Å². The van der Waals surface area contributed by atoms with Crippen molar-refractivity contribution in [2.45, 2.75) is 18.6 Å². The van der Waals surface area contributed by atoms with E-state index >= 15 is 0 Å². The second kappa shape index (κ2) is 6.73. The molecule has 0 radical (unpaired) electrons. The van der Waals surface area contributed by atoms with Crippen LogP contribution in [0, 0.1) is 5.82 Å². The summed E-state index contributed by atoms with van der Waals surface area (Å²) in [6.07, 6.45) is -0.0239. The number of hydrogen-bond donors (Lipinski definition) is 1. The molecule has 0 unspecified atom stereocenters. The number of benzene rings is 1. The van der Waals surface area contributed by atoms with Gasteiger partial charge in [-0.05, 0) is 24.1 Å². The van der Waals surface area contributed by atoms with E-state index in [1.807, 2.05) is 0 Å². The Hall–Kier alpha value is -1.50. The lowest BCUT2D eigenvalue weighted by Gasteiger charge is -2.30. The molecule has 1 aromatic rings. The van der Waals surface area contributed by atoms with Gasteiger partial charge in [-0.25, -0.2) is 4.39 Å². The van der Waals surface area contributed by atoms with Gasteiger partial charge < -0.3 is 14.7 Å². The van der Waals surface area contributed by atoms with Gasteiger partial charge in [-0.3, -0.25) is 9.69 Å². The minimum atomic E-state index is -0.524. The molecular formula is C16H21FN2O3. The van der Waals surface area contributed by atoms with Crippen LogP contribution in [0.3, 0.4) is 0 Å². The Bertz CT molecular complexity index is 517. The SMILES string of the molecule is O=C(CN1CCOCC1)N1C[C@H](O)C[C@H]1c1ccc(F)cc1. The van der Waals surface area contributed by atoms with Gasteiger partial charge in [0.05, 0.1) is 31.9 Å². The highest BCUT2D eigenvalue weighted by atomic mass is 19.1. The van der Waals surface area contributed by atoms with Crippen molar-refractivity contribution in [3.05, 3.63) is 35.6 Å². The Morgan fingerprint density at radius 3 is 2.64 bits per heavy atom. The molecule has 22 heavy (non-hydrogen) atoms. The highest BCUT2D eigenvalue weighted by Gasteiger charge is 2.35. The number of nitrogens with zero attached hydrogens (tertiary/aromatic N) is 2. The number of carbonyl (C=O) groups is 1. The average molecular weight is 308 g/mol. The molecule has 0 bridgehead atoms. The summed E-state index contributed by atoms with van der Waals surface area (Å²) in [6, 6.07) is 5.99. The number of rotatable bonds is 3. The zero-order chi connectivity index (χ0) is 15.5. The smallest absolute Gasteiger partial charge is 0.237 e. The Kier molecular flexibility index (Phi) is 4.71. The zero-order valence-electron chi connectivity index (χ0n) is 12.4. The Balaban J connectivity index is 1.69. The van der Waals surface area contributed by atoms with E-state index < -0.39 is 6.10 Å². The van der Waals surface area contributed by atoms with Crippen molar-refractivity contribution in [1.82, 2.24) is 9.80 Å². The Labute approximate surface area is 129 Å². The topological polar surface area (TPSA) is 53.0 Å². The molecule has 1 aromatic carbocycles. The van der Waals surface area contributed by atoms with Crippen molar-refractivity contribution in [1.29, 1.82) is 0 Å². The van der Waals surface area contributed by atoms with Crippen molar-refractivity contribution in [3.8, 4) is 0 Å². The molecule has 0 spiro atoms. The number of β-amino-alcohol motifs (C(OH)–C–C–N with tert-alkyl or cyclic N) is 1. The van der Waals surface area contributed by atoms with E-state index in [1.165, 1.54) is 12.1 Å². The fraction of sp³-hybridized carbons (Fsp3) is 0.562. The molecule has 5 nitrogen and oxygen atoms in total. The largest absolute Gasteiger partial charge is 0.391 e. The highest BCUT2D eigenvalue weighted by Crippen LogP contribution is 2.32. The van der Waals surface area contributed by atoms with Crippen LogP contribution in [-0.4, -0.2) is 66.3 Å². The maximum atomic E-state index is 13.1. The first-order chi connectivity index (χ1) is 10.6. The third-order valence-corrected chi connectivity index (χ3v) is 4.32. The van der Waals surface area contributed by atoms with Crippen molar-refractivity contribution < 1.29 is 19.0 Å². The summed E-state index contributed by atoms with van der Waals surface area (Å²) in [5.41, 5.74) is 0.869. The molecule has 2 fully saturated rings. The molecule has 3 rings (SSSR count). The minimum Gasteiger partial charge on any atom is -0.391 e. The summed E-state index contributed by atoms with van der Waals surface area (Å²) in [4.78, 5) is 16.4. The van der Waals surface area contributed by atoms with E-state index in [1.54, 1.807) is 17.0 Å². The molecule has 0 aliphatic carbocycles. The van der Waals surface area contributed by atoms with Crippen molar-refractivity contribution >= 4 is 5.91 Å². The number of hydrogen-bond acceptors (Lipinski definition) is 4. The van der Waals surface area contributed by atoms with E-state index in [4.69, 9.17) is 4.74 Å². The molecule has 2 saturated heterocycles. The van der Waals surface area contributed by atoms with Crippen LogP contribution in [0.2, 0.25) is 0 Å². The first-order valence-corrected chi connectivity index (χ1v) is 7.66. The standard InChI is InChI=1S/C16H21FN2O3/c17-13-3-1-12(2-4-13)15-9-14(20)10-19(15)16(21)11-18-5-7-22-8-6-18/h1-4,14-15,20H,5-11H2/t14-,15+/m1/s1. The molecule has 2 aliphatic heterocycles. The predicted molar refractivity (Wildman–Crippen MR) is 78.7 cm³/mol. The lowest BCUT2D eigenvalue weighted by atomic mass is 10.0. The monoisotopic (exact) mass is 308 g/mol. The number of likely N-dealkylation sites (tertiary alicyclic amines) is 1. The van der Waals surface area contributed by atoms with Gasteiger partial charge >= 0.3 is 0 Å². The van der Waals surface area contributed by atoms with Crippen LogP contribution in [0.15, 0.2) is 24.3 Å². The predicted octanol–water partition coefficient (Wildman–Crippen LogP) is 0.792. The van der Waals surface area contributed by atoms with Gasteiger partial charge in [0.2, 0.25) is 5.91 Å². The van der Waals surface area contributed by atoms with E-state index in [9.17, 15) is 14.3 Å². The first kappa shape index (κ1) is 15.4. The quantitative estimate of drug-likeness (QED) is 0.897. The van der Waals surface area contributed by atoms with Gasteiger partial charge in [0.1, 0.15) is 5.82 Å². The summed E-state index contributed by atoms with van der Waals surface area (Å²) in [5.74, 6) is -0.290. The molecular weight excluding hydrogens is 287 g/mol. The first-order valence-electron chi connectivity index (χ1n) is 7.66. The number of aliphatic hydroxyl groups is 1. The van der Waals surface area contributed by atoms with E-state index in [-0.39, 0.29) is 17.8 Å². The summed E-state index contributed by atoms with van der Waals surface area (Å²) in [5, 5.41) is 9.94. The van der Waals surface area contributed by atoms with E-state index in [2.05, 4.69) is 4.90 Å². The van der Waals surface area contributed by atoms with Gasteiger partial charge in [-0.1, -0.05) is 12.1 Å². The molecule has 6 heteroatoms. The van der Waals surface area contributed by atoms with Crippen LogP contribution in [-0.2, 0) is 9.53 Å². The zero-order valence-corrected chi connectivity index (χ0v) is 12.4. The lowest BCUT2D eigenvalue weighted by Crippen LogP contribution is -2.44. The maximum absolute atomic E-state index is 13.1. The molecule has 2 atom stereocenters. The number of amides is 1. The fourth-order valence-corrected chi connectivity index (χ4v) is 3.13. The maximum Gasteiger partial charge on any atom is 0.237 e. The Morgan fingerprint density at radius 1 is 1.27 bits per heavy atom. The van der Waals surface area contributed by atoms with Gasteiger partial charge in [0.25, 0.3) is 0 Å². The third kappa shape index (κ3) is 3.45. The van der Waals surface area contributed by atoms with E-state index in [0.29, 0.717) is 32.7 Å². The van der Waals surface area contributed by atoms with E-state index in [0.717, 1.165) is 18.7 Å². The third-order valence-electron chi connectivity index (χ3n) is 4.32. The van der Waals surface area contributed by atoms with Gasteiger partial charge in [-0.2, -0.15) is 0 Å². The normalized spacial score (nSPS) is 26.4. The number of aliphatic hydroxyl groups excluding tert-OH is 1. The average Bonchev–Trinajstić information content (AvgIpc) is 2.91. The van der Waals surface area contributed by atoms with Crippen LogP contribution < -0.4 is 0 Å². The highest BCUT2D eigenvalue weighted by molar-refractivity contribution is 5.79.